The average Bonchev–Trinajstić information content (AvgIpc) is 2.85. The molecule has 2 unspecified atom stereocenters. The summed E-state index contributed by atoms with van der Waals surface area (Å²) >= 11 is 0. The smallest absolute Gasteiger partial charge is 0.0950 e. The fourth-order valence-corrected chi connectivity index (χ4v) is 2.41. The highest BCUT2D eigenvalue weighted by atomic mass is 15.1. The van der Waals surface area contributed by atoms with E-state index in [4.69, 9.17) is 5.73 Å². The predicted octanol–water partition coefficient (Wildman–Crippen LogP) is 1.12. The second-order valence-corrected chi connectivity index (χ2v) is 4.89. The molecule has 1 heterocycles. The van der Waals surface area contributed by atoms with Crippen LogP contribution in [0.3, 0.4) is 0 Å². The highest BCUT2D eigenvalue weighted by Gasteiger charge is 2.20. The van der Waals surface area contributed by atoms with E-state index in [1.807, 2.05) is 10.9 Å². The number of nitrogens with one attached hydrogen (secondary N) is 1. The third kappa shape index (κ3) is 3.06. The van der Waals surface area contributed by atoms with Crippen molar-refractivity contribution in [3.63, 3.8) is 0 Å². The Morgan fingerprint density at radius 2 is 2.44 bits per heavy atom. The number of hydrogen-bond acceptors (Lipinski definition) is 3. The molecular formula is C12H22N4. The average molecular weight is 222 g/mol. The Labute approximate surface area is 97.2 Å². The van der Waals surface area contributed by atoms with Crippen molar-refractivity contribution in [1.29, 1.82) is 0 Å². The van der Waals surface area contributed by atoms with E-state index in [1.165, 1.54) is 19.3 Å². The van der Waals surface area contributed by atoms with Gasteiger partial charge in [-0.3, -0.25) is 0 Å². The van der Waals surface area contributed by atoms with Gasteiger partial charge in [-0.15, -0.1) is 0 Å². The Balaban J connectivity index is 1.76. The van der Waals surface area contributed by atoms with Gasteiger partial charge in [0.15, 0.2) is 0 Å². The first-order chi connectivity index (χ1) is 7.78. The molecule has 16 heavy (non-hydrogen) atoms. The molecular weight excluding hydrogens is 200 g/mol. The SMILES string of the molecule is CC1CCC(NCc2cn(CCN)cn2)C1. The minimum absolute atomic E-state index is 0.670. The molecule has 3 N–H and O–H groups in total. The van der Waals surface area contributed by atoms with Gasteiger partial charge >= 0.3 is 0 Å². The molecule has 0 saturated heterocycles. The Morgan fingerprint density at radius 1 is 1.56 bits per heavy atom. The fraction of sp³-hybridized carbons (Fsp3) is 0.750. The first-order valence-corrected chi connectivity index (χ1v) is 6.22. The predicted molar refractivity (Wildman–Crippen MR) is 64.9 cm³/mol. The van der Waals surface area contributed by atoms with E-state index in [0.717, 1.165) is 24.7 Å². The maximum absolute atomic E-state index is 5.49. The summed E-state index contributed by atoms with van der Waals surface area (Å²) in [5.74, 6) is 0.882. The highest BCUT2D eigenvalue weighted by Crippen LogP contribution is 2.24. The van der Waals surface area contributed by atoms with Crippen molar-refractivity contribution in [1.82, 2.24) is 14.9 Å². The summed E-state index contributed by atoms with van der Waals surface area (Å²) in [5.41, 5.74) is 6.61. The van der Waals surface area contributed by atoms with Gasteiger partial charge in [-0.2, -0.15) is 0 Å². The topological polar surface area (TPSA) is 55.9 Å². The van der Waals surface area contributed by atoms with Crippen LogP contribution < -0.4 is 11.1 Å². The Morgan fingerprint density at radius 3 is 3.12 bits per heavy atom. The molecule has 2 rings (SSSR count). The molecule has 90 valence electrons. The zero-order valence-electron chi connectivity index (χ0n) is 10.0. The van der Waals surface area contributed by atoms with Gasteiger partial charge in [0.25, 0.3) is 0 Å². The van der Waals surface area contributed by atoms with Crippen molar-refractivity contribution >= 4 is 0 Å². The molecule has 4 heteroatoms. The van der Waals surface area contributed by atoms with Gasteiger partial charge in [0.2, 0.25) is 0 Å². The summed E-state index contributed by atoms with van der Waals surface area (Å²) in [7, 11) is 0. The quantitative estimate of drug-likeness (QED) is 0.785. The molecule has 1 aromatic heterocycles. The highest BCUT2D eigenvalue weighted by molar-refractivity contribution is 4.97. The molecule has 0 amide bonds. The number of hydrogen-bond donors (Lipinski definition) is 2. The van der Waals surface area contributed by atoms with Crippen molar-refractivity contribution in [3.05, 3.63) is 18.2 Å². The number of nitrogens with two attached hydrogens (primary N) is 1. The molecule has 0 radical (unpaired) electrons. The monoisotopic (exact) mass is 222 g/mol. The minimum Gasteiger partial charge on any atom is -0.336 e. The minimum atomic E-state index is 0.670. The summed E-state index contributed by atoms with van der Waals surface area (Å²) in [6, 6.07) is 0.689. The van der Waals surface area contributed by atoms with Crippen LogP contribution >= 0.6 is 0 Å². The van der Waals surface area contributed by atoms with Gasteiger partial charge in [-0.05, 0) is 25.2 Å². The lowest BCUT2D eigenvalue weighted by molar-refractivity contribution is 0.499. The third-order valence-electron chi connectivity index (χ3n) is 3.34. The van der Waals surface area contributed by atoms with Gasteiger partial charge < -0.3 is 15.6 Å². The molecule has 1 aliphatic carbocycles. The standard InChI is InChI=1S/C12H22N4/c1-10-2-3-11(6-10)14-7-12-8-16(5-4-13)9-15-12/h8-11,14H,2-7,13H2,1H3. The molecule has 1 aromatic rings. The van der Waals surface area contributed by atoms with Crippen LogP contribution in [-0.4, -0.2) is 22.1 Å². The summed E-state index contributed by atoms with van der Waals surface area (Å²) in [5, 5.41) is 3.58. The van der Waals surface area contributed by atoms with E-state index < -0.39 is 0 Å². The van der Waals surface area contributed by atoms with Crippen molar-refractivity contribution in [3.8, 4) is 0 Å². The van der Waals surface area contributed by atoms with Crippen LogP contribution in [-0.2, 0) is 13.1 Å². The molecule has 4 nitrogen and oxygen atoms in total. The number of rotatable bonds is 5. The first kappa shape index (κ1) is 11.6. The molecule has 0 aromatic carbocycles. The van der Waals surface area contributed by atoms with Gasteiger partial charge in [0.05, 0.1) is 12.0 Å². The Bertz CT molecular complexity index is 321. The van der Waals surface area contributed by atoms with Crippen LogP contribution in [0, 0.1) is 5.92 Å². The second kappa shape index (κ2) is 5.46. The third-order valence-corrected chi connectivity index (χ3v) is 3.34. The van der Waals surface area contributed by atoms with Gasteiger partial charge in [-0.25, -0.2) is 4.98 Å². The summed E-state index contributed by atoms with van der Waals surface area (Å²) in [4.78, 5) is 4.36. The van der Waals surface area contributed by atoms with Gasteiger partial charge in [0.1, 0.15) is 0 Å². The van der Waals surface area contributed by atoms with E-state index >= 15 is 0 Å². The Hall–Kier alpha value is -0.870. The van der Waals surface area contributed by atoms with Gasteiger partial charge in [-0.1, -0.05) is 6.92 Å². The van der Waals surface area contributed by atoms with Crippen molar-refractivity contribution in [2.24, 2.45) is 11.7 Å². The van der Waals surface area contributed by atoms with E-state index in [1.54, 1.807) is 0 Å². The van der Waals surface area contributed by atoms with Crippen LogP contribution in [0.1, 0.15) is 31.9 Å². The van der Waals surface area contributed by atoms with Crippen LogP contribution in [0.25, 0.3) is 0 Å². The number of nitrogens with zero attached hydrogens (tertiary/aromatic N) is 2. The van der Waals surface area contributed by atoms with E-state index in [2.05, 4.69) is 23.4 Å². The lowest BCUT2D eigenvalue weighted by Gasteiger charge is -2.10. The molecule has 0 bridgehead atoms. The van der Waals surface area contributed by atoms with E-state index in [9.17, 15) is 0 Å². The van der Waals surface area contributed by atoms with E-state index in [0.29, 0.717) is 12.6 Å². The molecule has 0 aliphatic heterocycles. The summed E-state index contributed by atoms with van der Waals surface area (Å²) in [6.07, 6.45) is 7.92. The summed E-state index contributed by atoms with van der Waals surface area (Å²) < 4.78 is 2.05. The fourth-order valence-electron chi connectivity index (χ4n) is 2.41. The van der Waals surface area contributed by atoms with Crippen molar-refractivity contribution < 1.29 is 0 Å². The Kier molecular flexibility index (Phi) is 3.96. The zero-order chi connectivity index (χ0) is 11.4. The molecule has 0 spiro atoms. The van der Waals surface area contributed by atoms with E-state index in [-0.39, 0.29) is 0 Å². The van der Waals surface area contributed by atoms with Crippen molar-refractivity contribution in [2.75, 3.05) is 6.54 Å². The summed E-state index contributed by atoms with van der Waals surface area (Å²) in [6.45, 7) is 4.74. The first-order valence-electron chi connectivity index (χ1n) is 6.22. The van der Waals surface area contributed by atoms with Gasteiger partial charge in [0, 0.05) is 31.9 Å². The lowest BCUT2D eigenvalue weighted by atomic mass is 10.1. The maximum Gasteiger partial charge on any atom is 0.0950 e. The van der Waals surface area contributed by atoms with Crippen LogP contribution in [0.15, 0.2) is 12.5 Å². The molecule has 1 aliphatic rings. The number of imidazole rings is 1. The van der Waals surface area contributed by atoms with Crippen molar-refractivity contribution in [2.45, 2.75) is 45.3 Å². The molecule has 1 saturated carbocycles. The normalized spacial score (nSPS) is 25.1. The maximum atomic E-state index is 5.49. The largest absolute Gasteiger partial charge is 0.336 e. The molecule has 2 atom stereocenters. The van der Waals surface area contributed by atoms with Crippen LogP contribution in [0.2, 0.25) is 0 Å². The number of aromatic nitrogens is 2. The lowest BCUT2D eigenvalue weighted by Crippen LogP contribution is -2.25. The van der Waals surface area contributed by atoms with Crippen LogP contribution in [0.4, 0.5) is 0 Å². The molecule has 1 fully saturated rings. The second-order valence-electron chi connectivity index (χ2n) is 4.89. The zero-order valence-corrected chi connectivity index (χ0v) is 10.0. The van der Waals surface area contributed by atoms with Crippen LogP contribution in [0.5, 0.6) is 0 Å².